The molecule has 2 nitrogen and oxygen atoms in total. The minimum atomic E-state index is 0.973. The Balaban J connectivity index is 1.43. The van der Waals surface area contributed by atoms with Crippen molar-refractivity contribution in [3.05, 3.63) is 82.9 Å². The Labute approximate surface area is 214 Å². The number of allylic oxidation sites excluding steroid dienone is 6. The van der Waals surface area contributed by atoms with Crippen LogP contribution in [0, 0.1) is 0 Å². The number of thiazole rings is 1. The van der Waals surface area contributed by atoms with E-state index in [0.29, 0.717) is 0 Å². The van der Waals surface area contributed by atoms with Crippen LogP contribution in [0.15, 0.2) is 92.6 Å². The van der Waals surface area contributed by atoms with E-state index in [0.717, 1.165) is 13.1 Å². The summed E-state index contributed by atoms with van der Waals surface area (Å²) in [5, 5.41) is 2.56. The Morgan fingerprint density at radius 2 is 1.64 bits per heavy atom. The van der Waals surface area contributed by atoms with Crippen molar-refractivity contribution in [2.75, 3.05) is 24.0 Å². The van der Waals surface area contributed by atoms with E-state index in [2.05, 4.69) is 115 Å². The Hall–Kier alpha value is -1.86. The van der Waals surface area contributed by atoms with Gasteiger partial charge < -0.3 is 4.90 Å². The highest BCUT2D eigenvalue weighted by Gasteiger charge is 2.23. The van der Waals surface area contributed by atoms with E-state index in [1.165, 1.54) is 40.6 Å². The van der Waals surface area contributed by atoms with Gasteiger partial charge in [0.1, 0.15) is 11.2 Å². The standard InChI is InChI=1S/C27H29N2S4/c1-5-28-22-18-20(30-3)14-16-24(22)32-26(28)12-10-8-7-9-11-13-27-29(6-2)23-19-21(31-4)15-17-25(23)33-27/h7-19H,5-6H2,1-4H3/q+1. The molecule has 0 aliphatic carbocycles. The lowest BCUT2D eigenvalue weighted by Crippen LogP contribution is -2.33. The van der Waals surface area contributed by atoms with E-state index in [9.17, 15) is 0 Å². The highest BCUT2D eigenvalue weighted by Crippen LogP contribution is 2.46. The molecule has 0 fully saturated rings. The minimum Gasteiger partial charge on any atom is -0.335 e. The van der Waals surface area contributed by atoms with Crippen LogP contribution in [0.2, 0.25) is 0 Å². The number of anilines is 1. The number of thioether (sulfide) groups is 3. The molecular weight excluding hydrogens is 481 g/mol. The largest absolute Gasteiger partial charge is 0.335 e. The van der Waals surface area contributed by atoms with Crippen molar-refractivity contribution in [3.8, 4) is 0 Å². The van der Waals surface area contributed by atoms with Gasteiger partial charge in [-0.25, -0.2) is 0 Å². The Morgan fingerprint density at radius 3 is 2.39 bits per heavy atom. The van der Waals surface area contributed by atoms with Gasteiger partial charge in [-0.05, 0) is 62.8 Å². The normalized spacial score (nSPS) is 15.3. The molecule has 1 aromatic heterocycles. The van der Waals surface area contributed by atoms with Crippen LogP contribution >= 0.6 is 46.6 Å². The summed E-state index contributed by atoms with van der Waals surface area (Å²) in [5.74, 6) is 0. The van der Waals surface area contributed by atoms with E-state index in [1.807, 2.05) is 23.1 Å². The van der Waals surface area contributed by atoms with Crippen molar-refractivity contribution in [2.45, 2.75) is 35.1 Å². The number of rotatable bonds is 8. The van der Waals surface area contributed by atoms with Gasteiger partial charge in [0.25, 0.3) is 5.01 Å². The number of nitrogens with zero attached hydrogens (tertiary/aromatic N) is 2. The van der Waals surface area contributed by atoms with E-state index < -0.39 is 0 Å². The molecule has 0 saturated heterocycles. The molecule has 6 heteroatoms. The quantitative estimate of drug-likeness (QED) is 0.171. The fourth-order valence-corrected chi connectivity index (χ4v) is 6.89. The van der Waals surface area contributed by atoms with E-state index in [-0.39, 0.29) is 0 Å². The molecule has 0 atom stereocenters. The third-order valence-electron chi connectivity index (χ3n) is 5.43. The van der Waals surface area contributed by atoms with Gasteiger partial charge in [-0.1, -0.05) is 53.5 Å². The molecule has 0 saturated carbocycles. The predicted molar refractivity (Wildman–Crippen MR) is 152 cm³/mol. The maximum Gasteiger partial charge on any atom is 0.262 e. The molecule has 2 aromatic carbocycles. The van der Waals surface area contributed by atoms with Crippen molar-refractivity contribution >= 4 is 68.6 Å². The van der Waals surface area contributed by atoms with Crippen molar-refractivity contribution < 1.29 is 4.57 Å². The van der Waals surface area contributed by atoms with Crippen molar-refractivity contribution in [1.29, 1.82) is 0 Å². The van der Waals surface area contributed by atoms with E-state index in [4.69, 9.17) is 0 Å². The lowest BCUT2D eigenvalue weighted by atomic mass is 10.3. The Bertz CT molecular complexity index is 1250. The lowest BCUT2D eigenvalue weighted by molar-refractivity contribution is -0.665. The molecule has 2 heterocycles. The second kappa shape index (κ2) is 11.5. The molecule has 0 N–H and O–H groups in total. The summed E-state index contributed by atoms with van der Waals surface area (Å²) < 4.78 is 3.73. The first kappa shape index (κ1) is 24.3. The maximum absolute atomic E-state index is 2.39. The van der Waals surface area contributed by atoms with Gasteiger partial charge in [0.2, 0.25) is 5.52 Å². The van der Waals surface area contributed by atoms with Gasteiger partial charge in [-0.15, -0.1) is 23.5 Å². The average Bonchev–Trinajstić information content (AvgIpc) is 3.38. The molecule has 0 bridgehead atoms. The van der Waals surface area contributed by atoms with Crippen LogP contribution in [0.1, 0.15) is 18.9 Å². The molecule has 4 rings (SSSR count). The van der Waals surface area contributed by atoms with Crippen LogP contribution in [0.3, 0.4) is 0 Å². The summed E-state index contributed by atoms with van der Waals surface area (Å²) in [4.78, 5) is 6.35. The van der Waals surface area contributed by atoms with Gasteiger partial charge in [0, 0.05) is 33.4 Å². The first-order chi connectivity index (χ1) is 16.2. The molecule has 0 spiro atoms. The van der Waals surface area contributed by atoms with Crippen molar-refractivity contribution in [2.24, 2.45) is 0 Å². The number of hydrogen-bond donors (Lipinski definition) is 0. The molecule has 0 radical (unpaired) electrons. The molecular formula is C27H29N2S4+. The van der Waals surface area contributed by atoms with Gasteiger partial charge in [0.15, 0.2) is 0 Å². The topological polar surface area (TPSA) is 7.12 Å². The summed E-state index contributed by atoms with van der Waals surface area (Å²) >= 11 is 7.28. The molecule has 33 heavy (non-hydrogen) atoms. The summed E-state index contributed by atoms with van der Waals surface area (Å²) in [6.45, 7) is 6.37. The second-order valence-electron chi connectivity index (χ2n) is 7.33. The minimum absolute atomic E-state index is 0.973. The molecule has 1 aliphatic heterocycles. The van der Waals surface area contributed by atoms with Crippen LogP contribution in [0.4, 0.5) is 5.69 Å². The van der Waals surface area contributed by atoms with Gasteiger partial charge >= 0.3 is 0 Å². The van der Waals surface area contributed by atoms with Crippen LogP contribution in [0.25, 0.3) is 16.3 Å². The van der Waals surface area contributed by atoms with Gasteiger partial charge in [-0.3, -0.25) is 0 Å². The summed E-state index contributed by atoms with van der Waals surface area (Å²) in [5.41, 5.74) is 2.65. The zero-order valence-electron chi connectivity index (χ0n) is 19.4. The van der Waals surface area contributed by atoms with Gasteiger partial charge in [-0.2, -0.15) is 4.57 Å². The molecule has 1 aliphatic rings. The third-order valence-corrected chi connectivity index (χ3v) is 9.14. The number of fused-ring (bicyclic) bond motifs is 2. The summed E-state index contributed by atoms with van der Waals surface area (Å²) in [6.07, 6.45) is 19.2. The van der Waals surface area contributed by atoms with Crippen molar-refractivity contribution in [3.63, 3.8) is 0 Å². The Morgan fingerprint density at radius 1 is 0.909 bits per heavy atom. The third kappa shape index (κ3) is 5.46. The van der Waals surface area contributed by atoms with E-state index in [1.54, 1.807) is 23.5 Å². The molecule has 3 aromatic rings. The number of hydrogen-bond acceptors (Lipinski definition) is 5. The number of benzene rings is 2. The number of aromatic nitrogens is 1. The van der Waals surface area contributed by atoms with Crippen LogP contribution in [0.5, 0.6) is 0 Å². The Kier molecular flexibility index (Phi) is 8.47. The molecule has 0 amide bonds. The molecule has 170 valence electrons. The molecule has 0 unspecified atom stereocenters. The lowest BCUT2D eigenvalue weighted by Gasteiger charge is -2.18. The fourth-order valence-electron chi connectivity index (χ4n) is 3.78. The average molecular weight is 510 g/mol. The monoisotopic (exact) mass is 509 g/mol. The zero-order valence-corrected chi connectivity index (χ0v) is 22.7. The summed E-state index contributed by atoms with van der Waals surface area (Å²) in [6, 6.07) is 13.5. The van der Waals surface area contributed by atoms with Crippen LogP contribution < -0.4 is 9.47 Å². The number of aryl methyl sites for hydroxylation is 1. The zero-order chi connectivity index (χ0) is 23.2. The first-order valence-corrected chi connectivity index (χ1v) is 15.1. The highest BCUT2D eigenvalue weighted by molar-refractivity contribution is 8.03. The summed E-state index contributed by atoms with van der Waals surface area (Å²) in [7, 11) is 0. The maximum atomic E-state index is 2.39. The second-order valence-corrected chi connectivity index (χ2v) is 11.2. The first-order valence-electron chi connectivity index (χ1n) is 11.0. The van der Waals surface area contributed by atoms with Gasteiger partial charge in [0.05, 0.1) is 10.7 Å². The van der Waals surface area contributed by atoms with Crippen LogP contribution in [-0.4, -0.2) is 19.1 Å². The highest BCUT2D eigenvalue weighted by atomic mass is 32.2. The van der Waals surface area contributed by atoms with E-state index >= 15 is 0 Å². The predicted octanol–water partition coefficient (Wildman–Crippen LogP) is 8.25. The fraction of sp³-hybridized carbons (Fsp3) is 0.222. The van der Waals surface area contributed by atoms with Crippen LogP contribution in [-0.2, 0) is 6.54 Å². The van der Waals surface area contributed by atoms with Crippen molar-refractivity contribution in [1.82, 2.24) is 0 Å². The smallest absolute Gasteiger partial charge is 0.262 e. The SMILES string of the molecule is CCN1C(=CC=CC=CC=Cc2sc3ccc(SC)cc3[n+]2CC)Sc2ccc(SC)cc21.